The number of nitrogens with two attached hydrogens (primary N) is 1. The van der Waals surface area contributed by atoms with E-state index < -0.39 is 0 Å². The van der Waals surface area contributed by atoms with Gasteiger partial charge < -0.3 is 15.8 Å². The van der Waals surface area contributed by atoms with E-state index in [2.05, 4.69) is 45.3 Å². The van der Waals surface area contributed by atoms with Crippen molar-refractivity contribution in [2.75, 3.05) is 32.7 Å². The third-order valence-corrected chi connectivity index (χ3v) is 4.06. The lowest BCUT2D eigenvalue weighted by Gasteiger charge is -2.37. The smallest absolute Gasteiger partial charge is 0.156 e. The van der Waals surface area contributed by atoms with Gasteiger partial charge in [-0.1, -0.05) is 35.5 Å². The second-order valence-electron chi connectivity index (χ2n) is 5.31. The molecule has 1 aliphatic rings. The van der Waals surface area contributed by atoms with E-state index in [0.717, 1.165) is 39.1 Å². The highest BCUT2D eigenvalue weighted by molar-refractivity contribution is 5.84. The second-order valence-corrected chi connectivity index (χ2v) is 5.31. The zero-order valence-corrected chi connectivity index (χ0v) is 12.1. The van der Waals surface area contributed by atoms with E-state index in [4.69, 9.17) is 10.9 Å². The van der Waals surface area contributed by atoms with Gasteiger partial charge in [0.1, 0.15) is 0 Å². The van der Waals surface area contributed by atoms with Crippen LogP contribution in [0, 0.1) is 0 Å². The van der Waals surface area contributed by atoms with Crippen LogP contribution in [-0.4, -0.2) is 59.6 Å². The number of piperazine rings is 1. The van der Waals surface area contributed by atoms with Crippen LogP contribution < -0.4 is 5.73 Å². The third-order valence-electron chi connectivity index (χ3n) is 4.06. The molecule has 5 nitrogen and oxygen atoms in total. The molecule has 3 N–H and O–H groups in total. The van der Waals surface area contributed by atoms with Crippen LogP contribution in [0.4, 0.5) is 0 Å². The predicted molar refractivity (Wildman–Crippen MR) is 81.0 cm³/mol. The molecule has 1 aliphatic heterocycles. The number of nitrogens with zero attached hydrogens (tertiary/aromatic N) is 3. The monoisotopic (exact) mass is 276 g/mol. The zero-order chi connectivity index (χ0) is 14.4. The first kappa shape index (κ1) is 14.8. The highest BCUT2D eigenvalue weighted by Crippen LogP contribution is 2.08. The molecule has 1 saturated heterocycles. The van der Waals surface area contributed by atoms with E-state index >= 15 is 0 Å². The number of benzene rings is 1. The van der Waals surface area contributed by atoms with Crippen LogP contribution in [0.5, 0.6) is 0 Å². The molecule has 110 valence electrons. The summed E-state index contributed by atoms with van der Waals surface area (Å²) in [6, 6.07) is 10.6. The lowest BCUT2D eigenvalue weighted by atomic mass is 10.1. The first-order chi connectivity index (χ1) is 9.70. The average Bonchev–Trinajstić information content (AvgIpc) is 2.53. The summed E-state index contributed by atoms with van der Waals surface area (Å²) in [4.78, 5) is 4.73. The van der Waals surface area contributed by atoms with Gasteiger partial charge in [-0.2, -0.15) is 0 Å². The summed E-state index contributed by atoms with van der Waals surface area (Å²) in [5, 5.41) is 11.8. The Bertz CT molecular complexity index is 427. The Balaban J connectivity index is 1.74. The molecule has 2 rings (SSSR count). The minimum atomic E-state index is 0.0104. The van der Waals surface area contributed by atoms with Gasteiger partial charge in [-0.15, -0.1) is 0 Å². The molecule has 1 unspecified atom stereocenters. The van der Waals surface area contributed by atoms with Gasteiger partial charge in [0.2, 0.25) is 0 Å². The van der Waals surface area contributed by atoms with E-state index in [1.807, 2.05) is 6.92 Å². The average molecular weight is 276 g/mol. The maximum absolute atomic E-state index is 8.72. The Morgan fingerprint density at radius 2 is 1.90 bits per heavy atom. The number of amidine groups is 1. The van der Waals surface area contributed by atoms with Crippen molar-refractivity contribution in [3.05, 3.63) is 35.9 Å². The van der Waals surface area contributed by atoms with Gasteiger partial charge in [0.25, 0.3) is 0 Å². The van der Waals surface area contributed by atoms with E-state index in [1.54, 1.807) is 0 Å². The maximum atomic E-state index is 8.72. The van der Waals surface area contributed by atoms with E-state index in [1.165, 1.54) is 5.56 Å². The summed E-state index contributed by atoms with van der Waals surface area (Å²) >= 11 is 0. The third kappa shape index (κ3) is 3.95. The van der Waals surface area contributed by atoms with Crippen LogP contribution in [-0.2, 0) is 6.42 Å². The second kappa shape index (κ2) is 7.26. The predicted octanol–water partition coefficient (Wildman–Crippen LogP) is 0.982. The lowest BCUT2D eigenvalue weighted by molar-refractivity contribution is 0.122. The SMILES string of the molecule is CC(C(N)=NO)N1CCN(CCc2ccccc2)CC1. The Hall–Kier alpha value is -1.59. The van der Waals surface area contributed by atoms with Crippen LogP contribution in [0.3, 0.4) is 0 Å². The highest BCUT2D eigenvalue weighted by atomic mass is 16.4. The summed E-state index contributed by atoms with van der Waals surface area (Å²) in [5.74, 6) is 0.294. The highest BCUT2D eigenvalue weighted by Gasteiger charge is 2.23. The van der Waals surface area contributed by atoms with Gasteiger partial charge in [-0.25, -0.2) is 0 Å². The van der Waals surface area contributed by atoms with Gasteiger partial charge in [0.15, 0.2) is 5.84 Å². The molecule has 20 heavy (non-hydrogen) atoms. The minimum absolute atomic E-state index is 0.0104. The molecule has 0 amide bonds. The van der Waals surface area contributed by atoms with Crippen molar-refractivity contribution in [3.8, 4) is 0 Å². The molecular formula is C15H24N4O. The fraction of sp³-hybridized carbons (Fsp3) is 0.533. The van der Waals surface area contributed by atoms with E-state index in [0.29, 0.717) is 5.84 Å². The molecule has 0 bridgehead atoms. The van der Waals surface area contributed by atoms with Crippen molar-refractivity contribution in [1.29, 1.82) is 0 Å². The Morgan fingerprint density at radius 3 is 2.50 bits per heavy atom. The molecule has 0 radical (unpaired) electrons. The summed E-state index contributed by atoms with van der Waals surface area (Å²) in [7, 11) is 0. The first-order valence-electron chi connectivity index (χ1n) is 7.18. The van der Waals surface area contributed by atoms with Gasteiger partial charge in [-0.3, -0.25) is 4.90 Å². The Labute approximate surface area is 120 Å². The van der Waals surface area contributed by atoms with Gasteiger partial charge in [0, 0.05) is 32.7 Å². The normalized spacial score (nSPS) is 19.9. The maximum Gasteiger partial charge on any atom is 0.156 e. The van der Waals surface area contributed by atoms with Gasteiger partial charge in [-0.05, 0) is 18.9 Å². The summed E-state index contributed by atoms with van der Waals surface area (Å²) in [6.45, 7) is 7.08. The van der Waals surface area contributed by atoms with E-state index in [9.17, 15) is 0 Å². The van der Waals surface area contributed by atoms with Crippen molar-refractivity contribution >= 4 is 5.84 Å². The van der Waals surface area contributed by atoms with Gasteiger partial charge in [0.05, 0.1) is 6.04 Å². The quantitative estimate of drug-likeness (QED) is 0.364. The van der Waals surface area contributed by atoms with Gasteiger partial charge >= 0.3 is 0 Å². The van der Waals surface area contributed by atoms with Crippen molar-refractivity contribution < 1.29 is 5.21 Å². The van der Waals surface area contributed by atoms with Crippen LogP contribution in [0.15, 0.2) is 35.5 Å². The van der Waals surface area contributed by atoms with Crippen LogP contribution in [0.2, 0.25) is 0 Å². The molecule has 0 saturated carbocycles. The van der Waals surface area contributed by atoms with Crippen LogP contribution in [0.25, 0.3) is 0 Å². The fourth-order valence-electron chi connectivity index (χ4n) is 2.58. The molecule has 0 aromatic heterocycles. The summed E-state index contributed by atoms with van der Waals surface area (Å²) in [6.07, 6.45) is 1.09. The Kier molecular flexibility index (Phi) is 5.38. The largest absolute Gasteiger partial charge is 0.409 e. The number of oxime groups is 1. The molecule has 1 aromatic carbocycles. The topological polar surface area (TPSA) is 65.1 Å². The van der Waals surface area contributed by atoms with Crippen LogP contribution in [0.1, 0.15) is 12.5 Å². The lowest BCUT2D eigenvalue weighted by Crippen LogP contribution is -2.53. The Morgan fingerprint density at radius 1 is 1.25 bits per heavy atom. The molecule has 1 atom stereocenters. The minimum Gasteiger partial charge on any atom is -0.409 e. The van der Waals surface area contributed by atoms with Crippen molar-refractivity contribution in [2.45, 2.75) is 19.4 Å². The first-order valence-corrected chi connectivity index (χ1v) is 7.18. The molecule has 1 heterocycles. The molecule has 0 aliphatic carbocycles. The molecule has 1 aromatic rings. The molecule has 0 spiro atoms. The van der Waals surface area contributed by atoms with E-state index in [-0.39, 0.29) is 6.04 Å². The number of hydrogen-bond donors (Lipinski definition) is 2. The van der Waals surface area contributed by atoms with Crippen molar-refractivity contribution in [2.24, 2.45) is 10.9 Å². The zero-order valence-electron chi connectivity index (χ0n) is 12.1. The fourth-order valence-corrected chi connectivity index (χ4v) is 2.58. The van der Waals surface area contributed by atoms with Crippen molar-refractivity contribution in [3.63, 3.8) is 0 Å². The molecule has 1 fully saturated rings. The van der Waals surface area contributed by atoms with Crippen molar-refractivity contribution in [1.82, 2.24) is 9.80 Å². The summed E-state index contributed by atoms with van der Waals surface area (Å²) < 4.78 is 0. The van der Waals surface area contributed by atoms with Crippen LogP contribution >= 0.6 is 0 Å². The molecule has 5 heteroatoms. The standard InChI is InChI=1S/C15H24N4O/c1-13(15(16)17-20)19-11-9-18(10-12-19)8-7-14-5-3-2-4-6-14/h2-6,13,20H,7-12H2,1H3,(H2,16,17). The summed E-state index contributed by atoms with van der Waals surface area (Å²) in [5.41, 5.74) is 7.05. The number of hydrogen-bond acceptors (Lipinski definition) is 4. The number of rotatable bonds is 5. The molecular weight excluding hydrogens is 252 g/mol.